The molecule has 0 spiro atoms. The quantitative estimate of drug-likeness (QED) is 0.652. The molecule has 0 unspecified atom stereocenters. The summed E-state index contributed by atoms with van der Waals surface area (Å²) in [6.07, 6.45) is 7.19. The van der Waals surface area contributed by atoms with E-state index < -0.39 is 0 Å². The van der Waals surface area contributed by atoms with E-state index in [2.05, 4.69) is 17.5 Å². The Labute approximate surface area is 157 Å². The zero-order chi connectivity index (χ0) is 18.5. The molecule has 0 radical (unpaired) electrons. The van der Waals surface area contributed by atoms with Crippen LogP contribution in [0.1, 0.15) is 29.6 Å². The lowest BCUT2D eigenvalue weighted by atomic mass is 9.85. The molecule has 6 nitrogen and oxygen atoms in total. The molecule has 2 heterocycles. The van der Waals surface area contributed by atoms with Crippen LogP contribution in [0.3, 0.4) is 0 Å². The van der Waals surface area contributed by atoms with Gasteiger partial charge in [-0.2, -0.15) is 0 Å². The van der Waals surface area contributed by atoms with Gasteiger partial charge in [-0.3, -0.25) is 19.3 Å². The number of hydrogen-bond donors (Lipinski definition) is 1. The van der Waals surface area contributed by atoms with E-state index in [1.54, 1.807) is 24.3 Å². The van der Waals surface area contributed by atoms with E-state index in [9.17, 15) is 14.4 Å². The van der Waals surface area contributed by atoms with E-state index in [-0.39, 0.29) is 47.5 Å². The number of imide groups is 1. The van der Waals surface area contributed by atoms with Crippen LogP contribution in [0.4, 0.5) is 5.69 Å². The molecule has 2 aliphatic heterocycles. The van der Waals surface area contributed by atoms with E-state index in [1.165, 1.54) is 4.90 Å². The Morgan fingerprint density at radius 2 is 1.74 bits per heavy atom. The number of rotatable bonds is 4. The highest BCUT2D eigenvalue weighted by molar-refractivity contribution is 6.22. The molecular formula is C21H22N2O4. The monoisotopic (exact) mass is 366 g/mol. The highest BCUT2D eigenvalue weighted by Crippen LogP contribution is 2.53. The van der Waals surface area contributed by atoms with Crippen LogP contribution >= 0.6 is 0 Å². The summed E-state index contributed by atoms with van der Waals surface area (Å²) in [6.45, 7) is 1.26. The number of allylic oxidation sites excluding steroid dienone is 2. The number of ether oxygens (including phenoxy) is 1. The number of carbonyl (C=O) groups is 3. The summed E-state index contributed by atoms with van der Waals surface area (Å²) in [4.78, 5) is 39.3. The van der Waals surface area contributed by atoms with Crippen LogP contribution in [-0.2, 0) is 14.3 Å². The molecule has 27 heavy (non-hydrogen) atoms. The molecule has 1 N–H and O–H groups in total. The van der Waals surface area contributed by atoms with Crippen molar-refractivity contribution in [2.24, 2.45) is 23.7 Å². The summed E-state index contributed by atoms with van der Waals surface area (Å²) < 4.78 is 5.51. The van der Waals surface area contributed by atoms with Crippen LogP contribution in [0.25, 0.3) is 0 Å². The molecule has 2 aliphatic carbocycles. The highest BCUT2D eigenvalue weighted by atomic mass is 16.5. The normalized spacial score (nSPS) is 33.8. The Kier molecular flexibility index (Phi) is 3.90. The fourth-order valence-electron chi connectivity index (χ4n) is 5.03. The summed E-state index contributed by atoms with van der Waals surface area (Å²) in [7, 11) is 0. The standard InChI is InChI=1S/C21H22N2O4/c24-19(22-11-16-2-1-9-27-16)12-5-7-15(8-6-12)23-20(25)17-13-3-4-14(10-13)18(17)21(23)26/h3-8,13-14,16-18H,1-2,9-11H2,(H,22,24)/t13-,14-,16+,17-,18-/m0/s1. The first-order valence-electron chi connectivity index (χ1n) is 9.69. The van der Waals surface area contributed by atoms with Crippen LogP contribution in [0.5, 0.6) is 0 Å². The number of nitrogens with one attached hydrogen (secondary N) is 1. The second kappa shape index (κ2) is 6.30. The predicted molar refractivity (Wildman–Crippen MR) is 98.0 cm³/mol. The third kappa shape index (κ3) is 2.62. The molecule has 1 saturated carbocycles. The average Bonchev–Trinajstić information content (AvgIpc) is 3.45. The summed E-state index contributed by atoms with van der Waals surface area (Å²) in [5.74, 6) is -0.387. The van der Waals surface area contributed by atoms with E-state index >= 15 is 0 Å². The van der Waals surface area contributed by atoms with Crippen LogP contribution in [0.15, 0.2) is 36.4 Å². The number of nitrogens with zero attached hydrogens (tertiary/aromatic N) is 1. The minimum absolute atomic E-state index is 0.0939. The van der Waals surface area contributed by atoms with Gasteiger partial charge < -0.3 is 10.1 Å². The fraction of sp³-hybridized carbons (Fsp3) is 0.476. The molecule has 3 amide bonds. The fourth-order valence-corrected chi connectivity index (χ4v) is 5.03. The predicted octanol–water partition coefficient (Wildman–Crippen LogP) is 1.91. The van der Waals surface area contributed by atoms with Crippen molar-refractivity contribution in [2.75, 3.05) is 18.1 Å². The van der Waals surface area contributed by atoms with Gasteiger partial charge in [-0.15, -0.1) is 0 Å². The lowest BCUT2D eigenvalue weighted by molar-refractivity contribution is -0.123. The molecular weight excluding hydrogens is 344 g/mol. The van der Waals surface area contributed by atoms with Gasteiger partial charge in [0.2, 0.25) is 11.8 Å². The van der Waals surface area contributed by atoms with Crippen molar-refractivity contribution in [2.45, 2.75) is 25.4 Å². The first-order chi connectivity index (χ1) is 13.1. The van der Waals surface area contributed by atoms with Gasteiger partial charge in [0, 0.05) is 18.7 Å². The molecule has 3 fully saturated rings. The van der Waals surface area contributed by atoms with Gasteiger partial charge in [-0.05, 0) is 55.4 Å². The molecule has 2 bridgehead atoms. The van der Waals surface area contributed by atoms with Crippen LogP contribution < -0.4 is 10.2 Å². The van der Waals surface area contributed by atoms with E-state index in [0.717, 1.165) is 25.9 Å². The number of anilines is 1. The van der Waals surface area contributed by atoms with Crippen LogP contribution in [-0.4, -0.2) is 37.0 Å². The van der Waals surface area contributed by atoms with Crippen molar-refractivity contribution < 1.29 is 19.1 Å². The smallest absolute Gasteiger partial charge is 0.251 e. The maximum absolute atomic E-state index is 12.8. The van der Waals surface area contributed by atoms with Crippen LogP contribution in [0, 0.1) is 23.7 Å². The second-order valence-corrected chi connectivity index (χ2v) is 7.90. The third-order valence-corrected chi connectivity index (χ3v) is 6.37. The van der Waals surface area contributed by atoms with Gasteiger partial charge in [0.25, 0.3) is 5.91 Å². The summed E-state index contributed by atoms with van der Waals surface area (Å²) in [5.41, 5.74) is 1.06. The Morgan fingerprint density at radius 3 is 2.33 bits per heavy atom. The molecule has 140 valence electrons. The molecule has 1 aromatic carbocycles. The van der Waals surface area contributed by atoms with E-state index in [1.807, 2.05) is 0 Å². The summed E-state index contributed by atoms with van der Waals surface area (Å²) >= 11 is 0. The number of fused-ring (bicyclic) bond motifs is 5. The third-order valence-electron chi connectivity index (χ3n) is 6.37. The Balaban J connectivity index is 1.28. The molecule has 1 aromatic rings. The number of benzene rings is 1. The van der Waals surface area contributed by atoms with Gasteiger partial charge in [-0.1, -0.05) is 12.2 Å². The Hall–Kier alpha value is -2.47. The van der Waals surface area contributed by atoms with Crippen molar-refractivity contribution >= 4 is 23.4 Å². The van der Waals surface area contributed by atoms with Crippen molar-refractivity contribution in [3.8, 4) is 0 Å². The topological polar surface area (TPSA) is 75.7 Å². The molecule has 4 aliphatic rings. The lowest BCUT2D eigenvalue weighted by Crippen LogP contribution is -2.33. The van der Waals surface area contributed by atoms with Crippen molar-refractivity contribution in [3.63, 3.8) is 0 Å². The molecule has 2 saturated heterocycles. The van der Waals surface area contributed by atoms with Crippen molar-refractivity contribution in [1.29, 1.82) is 0 Å². The first kappa shape index (κ1) is 16.7. The molecule has 0 aromatic heterocycles. The molecule has 5 atom stereocenters. The van der Waals surface area contributed by atoms with Gasteiger partial charge in [-0.25, -0.2) is 0 Å². The SMILES string of the molecule is O=C(NC[C@H]1CCCO1)c1ccc(N2C(=O)[C@@H]3[C@@H](C2=O)[C@H]2C=C[C@H]3C2)cc1. The van der Waals surface area contributed by atoms with Crippen LogP contribution in [0.2, 0.25) is 0 Å². The average molecular weight is 366 g/mol. The van der Waals surface area contributed by atoms with Gasteiger partial charge in [0.1, 0.15) is 0 Å². The first-order valence-corrected chi connectivity index (χ1v) is 9.69. The molecule has 6 heteroatoms. The minimum atomic E-state index is -0.207. The van der Waals surface area contributed by atoms with Gasteiger partial charge >= 0.3 is 0 Å². The highest BCUT2D eigenvalue weighted by Gasteiger charge is 2.59. The maximum atomic E-state index is 12.8. The summed E-state index contributed by atoms with van der Waals surface area (Å²) in [5, 5.41) is 2.88. The maximum Gasteiger partial charge on any atom is 0.251 e. The van der Waals surface area contributed by atoms with E-state index in [0.29, 0.717) is 17.8 Å². The zero-order valence-corrected chi connectivity index (χ0v) is 15.0. The number of amides is 3. The van der Waals surface area contributed by atoms with Crippen molar-refractivity contribution in [1.82, 2.24) is 5.32 Å². The number of hydrogen-bond acceptors (Lipinski definition) is 4. The minimum Gasteiger partial charge on any atom is -0.376 e. The van der Waals surface area contributed by atoms with Gasteiger partial charge in [0.15, 0.2) is 0 Å². The van der Waals surface area contributed by atoms with Gasteiger partial charge in [0.05, 0.1) is 23.6 Å². The van der Waals surface area contributed by atoms with Crippen molar-refractivity contribution in [3.05, 3.63) is 42.0 Å². The Morgan fingerprint density at radius 1 is 1.07 bits per heavy atom. The number of carbonyl (C=O) groups excluding carboxylic acids is 3. The largest absolute Gasteiger partial charge is 0.376 e. The van der Waals surface area contributed by atoms with E-state index in [4.69, 9.17) is 4.74 Å². The second-order valence-electron chi connectivity index (χ2n) is 7.90. The summed E-state index contributed by atoms with van der Waals surface area (Å²) in [6, 6.07) is 6.71. The Bertz CT molecular complexity index is 795. The zero-order valence-electron chi connectivity index (χ0n) is 15.0. The lowest BCUT2D eigenvalue weighted by Gasteiger charge is -2.17. The molecule has 5 rings (SSSR count).